The largest absolute Gasteiger partial charge is 0.380 e. The SMILES string of the molecule is COC1CNC(C(=O)Cc2nccs2)C1. The molecule has 0 aromatic carbocycles. The predicted octanol–water partition coefficient (Wildman–Crippen LogP) is 0.632. The first-order valence-corrected chi connectivity index (χ1v) is 5.85. The Balaban J connectivity index is 1.87. The highest BCUT2D eigenvalue weighted by molar-refractivity contribution is 7.09. The van der Waals surface area contributed by atoms with Gasteiger partial charge < -0.3 is 10.1 Å². The summed E-state index contributed by atoms with van der Waals surface area (Å²) in [6.07, 6.45) is 3.12. The summed E-state index contributed by atoms with van der Waals surface area (Å²) < 4.78 is 5.20. The molecule has 1 aliphatic rings. The Hall–Kier alpha value is -0.780. The molecular formula is C10H14N2O2S. The summed E-state index contributed by atoms with van der Waals surface area (Å²) in [4.78, 5) is 15.9. The van der Waals surface area contributed by atoms with Crippen molar-refractivity contribution in [3.8, 4) is 0 Å². The Morgan fingerprint density at radius 2 is 2.67 bits per heavy atom. The van der Waals surface area contributed by atoms with Gasteiger partial charge in [-0.2, -0.15) is 0 Å². The van der Waals surface area contributed by atoms with Gasteiger partial charge >= 0.3 is 0 Å². The molecule has 1 saturated heterocycles. The van der Waals surface area contributed by atoms with Gasteiger partial charge in [0.25, 0.3) is 0 Å². The molecule has 1 aromatic rings. The van der Waals surface area contributed by atoms with E-state index in [0.717, 1.165) is 18.0 Å². The third-order valence-electron chi connectivity index (χ3n) is 2.62. The number of hydrogen-bond donors (Lipinski definition) is 1. The van der Waals surface area contributed by atoms with E-state index in [0.29, 0.717) is 6.42 Å². The number of ketones is 1. The molecule has 0 bridgehead atoms. The zero-order valence-corrected chi connectivity index (χ0v) is 9.42. The van der Waals surface area contributed by atoms with Crippen molar-refractivity contribution < 1.29 is 9.53 Å². The lowest BCUT2D eigenvalue weighted by molar-refractivity contribution is -0.120. The van der Waals surface area contributed by atoms with Crippen LogP contribution in [-0.4, -0.2) is 36.6 Å². The van der Waals surface area contributed by atoms with Crippen LogP contribution < -0.4 is 5.32 Å². The van der Waals surface area contributed by atoms with E-state index in [1.165, 1.54) is 11.3 Å². The zero-order valence-electron chi connectivity index (χ0n) is 8.60. The van der Waals surface area contributed by atoms with Crippen LogP contribution in [0.15, 0.2) is 11.6 Å². The smallest absolute Gasteiger partial charge is 0.156 e. The van der Waals surface area contributed by atoms with Crippen LogP contribution in [0, 0.1) is 0 Å². The minimum Gasteiger partial charge on any atom is -0.380 e. The fourth-order valence-electron chi connectivity index (χ4n) is 1.74. The molecule has 0 aliphatic carbocycles. The number of hydrogen-bond acceptors (Lipinski definition) is 5. The number of rotatable bonds is 4. The van der Waals surface area contributed by atoms with E-state index in [2.05, 4.69) is 10.3 Å². The Bertz CT molecular complexity index is 326. The van der Waals surface area contributed by atoms with Crippen molar-refractivity contribution >= 4 is 17.1 Å². The molecule has 2 unspecified atom stereocenters. The number of methoxy groups -OCH3 is 1. The number of nitrogens with one attached hydrogen (secondary N) is 1. The molecule has 2 heterocycles. The van der Waals surface area contributed by atoms with E-state index in [4.69, 9.17) is 4.74 Å². The van der Waals surface area contributed by atoms with Crippen LogP contribution in [-0.2, 0) is 16.0 Å². The van der Waals surface area contributed by atoms with Crippen molar-refractivity contribution in [3.63, 3.8) is 0 Å². The van der Waals surface area contributed by atoms with Crippen molar-refractivity contribution in [3.05, 3.63) is 16.6 Å². The maximum absolute atomic E-state index is 11.8. The normalized spacial score (nSPS) is 25.7. The second-order valence-corrected chi connectivity index (χ2v) is 4.60. The first-order chi connectivity index (χ1) is 7.29. The molecule has 0 radical (unpaired) electrons. The molecule has 1 aliphatic heterocycles. The van der Waals surface area contributed by atoms with Crippen LogP contribution in [0.1, 0.15) is 11.4 Å². The molecular weight excluding hydrogens is 212 g/mol. The maximum atomic E-state index is 11.8. The van der Waals surface area contributed by atoms with E-state index >= 15 is 0 Å². The average molecular weight is 226 g/mol. The fourth-order valence-corrected chi connectivity index (χ4v) is 2.37. The van der Waals surface area contributed by atoms with Crippen molar-refractivity contribution in [1.82, 2.24) is 10.3 Å². The summed E-state index contributed by atoms with van der Waals surface area (Å²) in [6.45, 7) is 0.769. The van der Waals surface area contributed by atoms with Crippen molar-refractivity contribution in [1.29, 1.82) is 0 Å². The van der Waals surface area contributed by atoms with Gasteiger partial charge in [-0.05, 0) is 6.42 Å². The summed E-state index contributed by atoms with van der Waals surface area (Å²) in [5.74, 6) is 0.213. The Labute approximate surface area is 92.7 Å². The van der Waals surface area contributed by atoms with Crippen LogP contribution in [0.5, 0.6) is 0 Å². The summed E-state index contributed by atoms with van der Waals surface area (Å²) in [5, 5.41) is 5.95. The quantitative estimate of drug-likeness (QED) is 0.818. The van der Waals surface area contributed by atoms with Gasteiger partial charge in [-0.1, -0.05) is 0 Å². The van der Waals surface area contributed by atoms with Gasteiger partial charge in [0.2, 0.25) is 0 Å². The standard InChI is InChI=1S/C10H14N2O2S/c1-14-7-4-8(12-6-7)9(13)5-10-11-2-3-15-10/h2-3,7-8,12H,4-6H2,1H3. The molecule has 2 atom stereocenters. The highest BCUT2D eigenvalue weighted by atomic mass is 32.1. The molecule has 1 N–H and O–H groups in total. The molecule has 0 saturated carbocycles. The lowest BCUT2D eigenvalue weighted by Gasteiger charge is -2.07. The first-order valence-electron chi connectivity index (χ1n) is 4.97. The van der Waals surface area contributed by atoms with Gasteiger partial charge in [0.05, 0.1) is 23.6 Å². The summed E-state index contributed by atoms with van der Waals surface area (Å²) >= 11 is 1.53. The number of carbonyl (C=O) groups excluding carboxylic acids is 1. The lowest BCUT2D eigenvalue weighted by atomic mass is 10.1. The molecule has 0 amide bonds. The monoisotopic (exact) mass is 226 g/mol. The molecule has 15 heavy (non-hydrogen) atoms. The molecule has 5 heteroatoms. The van der Waals surface area contributed by atoms with Crippen LogP contribution in [0.2, 0.25) is 0 Å². The second kappa shape index (κ2) is 4.83. The van der Waals surface area contributed by atoms with Gasteiger partial charge in [-0.3, -0.25) is 4.79 Å². The van der Waals surface area contributed by atoms with Crippen LogP contribution in [0.3, 0.4) is 0 Å². The number of thiazole rings is 1. The lowest BCUT2D eigenvalue weighted by Crippen LogP contribution is -2.31. The Morgan fingerprint density at radius 1 is 1.80 bits per heavy atom. The molecule has 2 rings (SSSR count). The van der Waals surface area contributed by atoms with Crippen LogP contribution in [0.4, 0.5) is 0 Å². The Kier molecular flexibility index (Phi) is 3.45. The zero-order chi connectivity index (χ0) is 10.7. The number of aromatic nitrogens is 1. The number of nitrogens with zero attached hydrogens (tertiary/aromatic N) is 1. The van der Waals surface area contributed by atoms with E-state index in [1.54, 1.807) is 13.3 Å². The van der Waals surface area contributed by atoms with Gasteiger partial charge in [-0.25, -0.2) is 4.98 Å². The second-order valence-electron chi connectivity index (χ2n) is 3.62. The van der Waals surface area contributed by atoms with Crippen molar-refractivity contribution in [2.75, 3.05) is 13.7 Å². The number of Topliss-reactive ketones (excluding diaryl/α,β-unsaturated/α-hetero) is 1. The van der Waals surface area contributed by atoms with Crippen molar-refractivity contribution in [2.24, 2.45) is 0 Å². The maximum Gasteiger partial charge on any atom is 0.156 e. The van der Waals surface area contributed by atoms with Gasteiger partial charge in [0.1, 0.15) is 0 Å². The third-order valence-corrected chi connectivity index (χ3v) is 3.40. The fraction of sp³-hybridized carbons (Fsp3) is 0.600. The predicted molar refractivity (Wildman–Crippen MR) is 58.0 cm³/mol. The van der Waals surface area contributed by atoms with Gasteiger partial charge in [-0.15, -0.1) is 11.3 Å². The summed E-state index contributed by atoms with van der Waals surface area (Å²) in [6, 6.07) is -0.0566. The van der Waals surface area contributed by atoms with E-state index in [1.807, 2.05) is 5.38 Å². The summed E-state index contributed by atoms with van der Waals surface area (Å²) in [7, 11) is 1.68. The minimum absolute atomic E-state index is 0.0566. The number of ether oxygens (including phenoxy) is 1. The molecule has 82 valence electrons. The molecule has 0 spiro atoms. The topological polar surface area (TPSA) is 51.2 Å². The van der Waals surface area contributed by atoms with E-state index in [9.17, 15) is 4.79 Å². The van der Waals surface area contributed by atoms with E-state index in [-0.39, 0.29) is 17.9 Å². The highest BCUT2D eigenvalue weighted by Crippen LogP contribution is 2.13. The van der Waals surface area contributed by atoms with Crippen LogP contribution >= 0.6 is 11.3 Å². The van der Waals surface area contributed by atoms with Gasteiger partial charge in [0.15, 0.2) is 5.78 Å². The van der Waals surface area contributed by atoms with E-state index < -0.39 is 0 Å². The highest BCUT2D eigenvalue weighted by Gasteiger charge is 2.29. The molecule has 4 nitrogen and oxygen atoms in total. The number of carbonyl (C=O) groups is 1. The van der Waals surface area contributed by atoms with Gasteiger partial charge in [0, 0.05) is 25.2 Å². The minimum atomic E-state index is -0.0566. The Morgan fingerprint density at radius 3 is 3.27 bits per heavy atom. The first kappa shape index (κ1) is 10.7. The molecule has 1 fully saturated rings. The average Bonchev–Trinajstić information content (AvgIpc) is 2.86. The molecule has 1 aromatic heterocycles. The van der Waals surface area contributed by atoms with Crippen LogP contribution in [0.25, 0.3) is 0 Å². The summed E-state index contributed by atoms with van der Waals surface area (Å²) in [5.41, 5.74) is 0. The van der Waals surface area contributed by atoms with Crippen molar-refractivity contribution in [2.45, 2.75) is 25.0 Å². The third kappa shape index (κ3) is 2.62.